The van der Waals surface area contributed by atoms with Gasteiger partial charge in [0.2, 0.25) is 0 Å². The van der Waals surface area contributed by atoms with Gasteiger partial charge in [-0.1, -0.05) is 48.0 Å². The van der Waals surface area contributed by atoms with Crippen LogP contribution in [0.2, 0.25) is 0 Å². The van der Waals surface area contributed by atoms with E-state index in [2.05, 4.69) is 0 Å². The van der Waals surface area contributed by atoms with Gasteiger partial charge >= 0.3 is 0 Å². The number of ether oxygens (including phenoxy) is 3. The number of carbonyl (C=O) groups is 2. The molecule has 0 amide bonds. The van der Waals surface area contributed by atoms with Crippen LogP contribution in [0.15, 0.2) is 72.8 Å². The molecule has 0 radical (unpaired) electrons. The molecule has 0 atom stereocenters. The molecule has 0 N–H and O–H groups in total. The summed E-state index contributed by atoms with van der Waals surface area (Å²) in [6.45, 7) is 1.97. The normalized spacial score (nSPS) is 10.8. The summed E-state index contributed by atoms with van der Waals surface area (Å²) in [5.74, 6) is 0.894. The van der Waals surface area contributed by atoms with Gasteiger partial charge in [-0.15, -0.1) is 0 Å². The van der Waals surface area contributed by atoms with Gasteiger partial charge in [-0.25, -0.2) is 4.39 Å². The van der Waals surface area contributed by atoms with Gasteiger partial charge in [-0.2, -0.15) is 0 Å². The molecule has 4 aromatic carbocycles. The number of halogens is 1. The summed E-state index contributed by atoms with van der Waals surface area (Å²) in [6, 6.07) is 21.2. The summed E-state index contributed by atoms with van der Waals surface area (Å²) < 4.78 is 31.5. The van der Waals surface area contributed by atoms with Crippen LogP contribution in [0.5, 0.6) is 23.0 Å². The van der Waals surface area contributed by atoms with Crippen LogP contribution in [0, 0.1) is 12.7 Å². The summed E-state index contributed by atoms with van der Waals surface area (Å²) in [7, 11) is 3.12. The number of rotatable bonds is 10. The van der Waals surface area contributed by atoms with Gasteiger partial charge in [0.05, 0.1) is 20.6 Å². The Morgan fingerprint density at radius 1 is 0.778 bits per heavy atom. The van der Waals surface area contributed by atoms with Gasteiger partial charge in [-0.05, 0) is 47.7 Å². The Kier molecular flexibility index (Phi) is 7.64. The maximum atomic E-state index is 14.8. The standard InChI is InChI=1S/C30H27FO5/c1-19-7-9-20(10-8-19)13-23(32)16-24(33)14-22-11-12-25(17-27(22)31)36-28-6-4-5-21-15-29(34-2)30(35-3)18-26(21)28/h4-12,15,17-18H,13-14,16H2,1-3H3. The number of carbonyl (C=O) groups excluding carboxylic acids is 2. The molecule has 0 saturated heterocycles. The fourth-order valence-electron chi connectivity index (χ4n) is 4.02. The minimum Gasteiger partial charge on any atom is -0.493 e. The van der Waals surface area contributed by atoms with Gasteiger partial charge in [-0.3, -0.25) is 9.59 Å². The zero-order valence-electron chi connectivity index (χ0n) is 20.5. The first kappa shape index (κ1) is 24.9. The van der Waals surface area contributed by atoms with Crippen LogP contribution >= 0.6 is 0 Å². The van der Waals surface area contributed by atoms with Crippen molar-refractivity contribution in [2.45, 2.75) is 26.2 Å². The highest BCUT2D eigenvalue weighted by atomic mass is 19.1. The van der Waals surface area contributed by atoms with Crippen molar-refractivity contribution in [2.75, 3.05) is 14.2 Å². The molecular formula is C30H27FO5. The highest BCUT2D eigenvalue weighted by Gasteiger charge is 2.15. The SMILES string of the molecule is COc1cc2cccc(Oc3ccc(CC(=O)CC(=O)Cc4ccc(C)cc4)c(F)c3)c2cc1OC. The second kappa shape index (κ2) is 11.0. The first-order valence-corrected chi connectivity index (χ1v) is 11.6. The molecule has 0 spiro atoms. The highest BCUT2D eigenvalue weighted by Crippen LogP contribution is 2.38. The number of hydrogen-bond acceptors (Lipinski definition) is 5. The molecule has 184 valence electrons. The molecule has 4 rings (SSSR count). The van der Waals surface area contributed by atoms with Gasteiger partial charge in [0.25, 0.3) is 0 Å². The molecule has 0 aliphatic heterocycles. The van der Waals surface area contributed by atoms with E-state index in [-0.39, 0.29) is 36.4 Å². The number of methoxy groups -OCH3 is 2. The Labute approximate surface area is 209 Å². The summed E-state index contributed by atoms with van der Waals surface area (Å²) in [4.78, 5) is 24.7. The number of ketones is 2. The molecule has 0 heterocycles. The van der Waals surface area contributed by atoms with E-state index in [1.54, 1.807) is 32.4 Å². The smallest absolute Gasteiger partial charge is 0.161 e. The molecule has 0 aliphatic carbocycles. The molecule has 0 bridgehead atoms. The number of hydrogen-bond donors (Lipinski definition) is 0. The zero-order chi connectivity index (χ0) is 25.7. The van der Waals surface area contributed by atoms with E-state index in [1.165, 1.54) is 12.1 Å². The quantitative estimate of drug-likeness (QED) is 0.242. The molecule has 36 heavy (non-hydrogen) atoms. The lowest BCUT2D eigenvalue weighted by Crippen LogP contribution is -2.13. The van der Waals surface area contributed by atoms with E-state index in [4.69, 9.17) is 14.2 Å². The summed E-state index contributed by atoms with van der Waals surface area (Å²) in [5, 5.41) is 1.66. The number of aryl methyl sites for hydroxylation is 1. The lowest BCUT2D eigenvalue weighted by Gasteiger charge is -2.13. The van der Waals surface area contributed by atoms with Crippen LogP contribution in [0.3, 0.4) is 0 Å². The van der Waals surface area contributed by atoms with Gasteiger partial charge in [0, 0.05) is 24.3 Å². The van der Waals surface area contributed by atoms with Crippen LogP contribution in [0.1, 0.15) is 23.1 Å². The van der Waals surface area contributed by atoms with Crippen molar-refractivity contribution in [3.63, 3.8) is 0 Å². The molecular weight excluding hydrogens is 459 g/mol. The second-order valence-corrected chi connectivity index (χ2v) is 8.63. The third kappa shape index (κ3) is 5.89. The molecule has 0 saturated carbocycles. The van der Waals surface area contributed by atoms with Crippen molar-refractivity contribution in [3.05, 3.63) is 95.3 Å². The van der Waals surface area contributed by atoms with E-state index in [1.807, 2.05) is 49.4 Å². The first-order chi connectivity index (χ1) is 17.4. The number of benzene rings is 4. The topological polar surface area (TPSA) is 61.8 Å². The molecule has 6 heteroatoms. The summed E-state index contributed by atoms with van der Waals surface area (Å²) >= 11 is 0. The largest absolute Gasteiger partial charge is 0.493 e. The molecule has 0 aliphatic rings. The Hall–Kier alpha value is -4.19. The van der Waals surface area contributed by atoms with Gasteiger partial charge in [0.15, 0.2) is 11.5 Å². The average molecular weight is 487 g/mol. The molecule has 0 fully saturated rings. The Morgan fingerprint density at radius 3 is 2.17 bits per heavy atom. The maximum absolute atomic E-state index is 14.8. The monoisotopic (exact) mass is 486 g/mol. The Balaban J connectivity index is 1.44. The van der Waals surface area contributed by atoms with Gasteiger partial charge in [0.1, 0.15) is 28.9 Å². The Morgan fingerprint density at radius 2 is 1.47 bits per heavy atom. The second-order valence-electron chi connectivity index (χ2n) is 8.63. The number of Topliss-reactive ketones (excluding diaryl/α,β-unsaturated/α-hetero) is 2. The van der Waals surface area contributed by atoms with E-state index < -0.39 is 5.82 Å². The first-order valence-electron chi connectivity index (χ1n) is 11.6. The third-order valence-corrected chi connectivity index (χ3v) is 5.90. The van der Waals surface area contributed by atoms with Crippen molar-refractivity contribution in [3.8, 4) is 23.0 Å². The van der Waals surface area contributed by atoms with Crippen molar-refractivity contribution in [2.24, 2.45) is 0 Å². The highest BCUT2D eigenvalue weighted by molar-refractivity contribution is 6.00. The molecule has 4 aromatic rings. The van der Waals surface area contributed by atoms with Crippen LogP contribution in [-0.4, -0.2) is 25.8 Å². The van der Waals surface area contributed by atoms with Crippen LogP contribution in [0.4, 0.5) is 4.39 Å². The van der Waals surface area contributed by atoms with E-state index in [9.17, 15) is 14.0 Å². The molecule has 0 unspecified atom stereocenters. The van der Waals surface area contributed by atoms with Crippen molar-refractivity contribution >= 4 is 22.3 Å². The Bertz CT molecular complexity index is 1410. The van der Waals surface area contributed by atoms with Crippen LogP contribution in [-0.2, 0) is 22.4 Å². The third-order valence-electron chi connectivity index (χ3n) is 5.90. The van der Waals surface area contributed by atoms with Crippen LogP contribution in [0.25, 0.3) is 10.8 Å². The minimum absolute atomic E-state index is 0.156. The molecule has 0 aromatic heterocycles. The van der Waals surface area contributed by atoms with E-state index in [0.29, 0.717) is 23.0 Å². The predicted molar refractivity (Wildman–Crippen MR) is 137 cm³/mol. The number of fused-ring (bicyclic) bond motifs is 1. The lowest BCUT2D eigenvalue weighted by molar-refractivity contribution is -0.126. The van der Waals surface area contributed by atoms with Crippen LogP contribution < -0.4 is 14.2 Å². The molecule has 5 nitrogen and oxygen atoms in total. The van der Waals surface area contributed by atoms with E-state index >= 15 is 0 Å². The zero-order valence-corrected chi connectivity index (χ0v) is 20.5. The fourth-order valence-corrected chi connectivity index (χ4v) is 4.02. The minimum atomic E-state index is -0.564. The predicted octanol–water partition coefficient (Wildman–Crippen LogP) is 6.41. The van der Waals surface area contributed by atoms with Gasteiger partial charge < -0.3 is 14.2 Å². The summed E-state index contributed by atoms with van der Waals surface area (Å²) in [6.07, 6.45) is -0.202. The maximum Gasteiger partial charge on any atom is 0.161 e. The van der Waals surface area contributed by atoms with Crippen molar-refractivity contribution in [1.29, 1.82) is 0 Å². The van der Waals surface area contributed by atoms with Crippen molar-refractivity contribution in [1.82, 2.24) is 0 Å². The fraction of sp³-hybridized carbons (Fsp3) is 0.200. The average Bonchev–Trinajstić information content (AvgIpc) is 2.86. The van der Waals surface area contributed by atoms with Crippen molar-refractivity contribution < 1.29 is 28.2 Å². The van der Waals surface area contributed by atoms with E-state index in [0.717, 1.165) is 21.9 Å². The lowest BCUT2D eigenvalue weighted by atomic mass is 10.0. The summed E-state index contributed by atoms with van der Waals surface area (Å²) in [5.41, 5.74) is 2.18.